The second-order valence-corrected chi connectivity index (χ2v) is 6.23. The summed E-state index contributed by atoms with van der Waals surface area (Å²) in [5.41, 5.74) is 0.0494. The molecule has 0 fully saturated rings. The number of methoxy groups -OCH3 is 1. The summed E-state index contributed by atoms with van der Waals surface area (Å²) < 4.78 is 22.0. The Labute approximate surface area is 157 Å². The maximum absolute atomic E-state index is 12.8. The number of fused-ring (bicyclic) bond motifs is 1. The first-order chi connectivity index (χ1) is 12.5. The van der Waals surface area contributed by atoms with Crippen LogP contribution in [0.1, 0.15) is 5.76 Å². The SMILES string of the molecule is COC(=O)COc1ccc2c(=O)c(Oc3ccccc3Br)c(C)oc2c1. The summed E-state index contributed by atoms with van der Waals surface area (Å²) >= 11 is 3.39. The van der Waals surface area contributed by atoms with E-state index in [9.17, 15) is 9.59 Å². The van der Waals surface area contributed by atoms with Gasteiger partial charge >= 0.3 is 5.97 Å². The molecule has 0 saturated heterocycles. The van der Waals surface area contributed by atoms with Gasteiger partial charge in [-0.2, -0.15) is 0 Å². The minimum Gasteiger partial charge on any atom is -0.482 e. The molecular formula is C19H15BrO6. The van der Waals surface area contributed by atoms with Gasteiger partial charge in [0.2, 0.25) is 11.2 Å². The Bertz CT molecular complexity index is 1020. The molecule has 0 aliphatic carbocycles. The molecule has 0 aliphatic rings. The van der Waals surface area contributed by atoms with Gasteiger partial charge in [0.15, 0.2) is 6.61 Å². The molecule has 3 aromatic rings. The van der Waals surface area contributed by atoms with Crippen LogP contribution in [0.4, 0.5) is 0 Å². The van der Waals surface area contributed by atoms with Gasteiger partial charge < -0.3 is 18.6 Å². The van der Waals surface area contributed by atoms with E-state index in [1.807, 2.05) is 18.2 Å². The number of ether oxygens (including phenoxy) is 3. The number of halogens is 1. The first-order valence-electron chi connectivity index (χ1n) is 7.69. The molecule has 0 aliphatic heterocycles. The number of benzene rings is 2. The lowest BCUT2D eigenvalue weighted by molar-refractivity contribution is -0.142. The van der Waals surface area contributed by atoms with Crippen LogP contribution in [0.15, 0.2) is 56.1 Å². The van der Waals surface area contributed by atoms with E-state index in [0.29, 0.717) is 28.2 Å². The van der Waals surface area contributed by atoms with Crippen molar-refractivity contribution in [3.05, 3.63) is 62.9 Å². The molecular weight excluding hydrogens is 404 g/mol. The van der Waals surface area contributed by atoms with E-state index >= 15 is 0 Å². The molecule has 0 N–H and O–H groups in total. The summed E-state index contributed by atoms with van der Waals surface area (Å²) in [4.78, 5) is 23.9. The predicted octanol–water partition coefficient (Wildman–Crippen LogP) is 4.21. The Morgan fingerprint density at radius 1 is 1.19 bits per heavy atom. The van der Waals surface area contributed by atoms with Gasteiger partial charge in [-0.25, -0.2) is 4.79 Å². The van der Waals surface area contributed by atoms with Gasteiger partial charge in [-0.05, 0) is 47.1 Å². The van der Waals surface area contributed by atoms with Gasteiger partial charge in [0.1, 0.15) is 22.8 Å². The van der Waals surface area contributed by atoms with Crippen molar-refractivity contribution in [2.24, 2.45) is 0 Å². The quantitative estimate of drug-likeness (QED) is 0.577. The van der Waals surface area contributed by atoms with Crippen molar-refractivity contribution >= 4 is 32.9 Å². The van der Waals surface area contributed by atoms with Crippen molar-refractivity contribution in [3.8, 4) is 17.2 Å². The van der Waals surface area contributed by atoms with E-state index < -0.39 is 5.97 Å². The molecule has 1 aromatic heterocycles. The van der Waals surface area contributed by atoms with Gasteiger partial charge in [-0.3, -0.25) is 4.79 Å². The largest absolute Gasteiger partial charge is 0.482 e. The summed E-state index contributed by atoms with van der Waals surface area (Å²) in [6.07, 6.45) is 0. The van der Waals surface area contributed by atoms with Crippen molar-refractivity contribution in [3.63, 3.8) is 0 Å². The van der Waals surface area contributed by atoms with Crippen molar-refractivity contribution in [1.82, 2.24) is 0 Å². The van der Waals surface area contributed by atoms with E-state index in [2.05, 4.69) is 20.7 Å². The third-order valence-electron chi connectivity index (χ3n) is 3.62. The fourth-order valence-electron chi connectivity index (χ4n) is 2.31. The summed E-state index contributed by atoms with van der Waals surface area (Å²) in [5.74, 6) is 0.862. The number of rotatable bonds is 5. The maximum atomic E-state index is 12.8. The predicted molar refractivity (Wildman–Crippen MR) is 98.9 cm³/mol. The minimum atomic E-state index is -0.500. The number of hydrogen-bond donors (Lipinski definition) is 0. The highest BCUT2D eigenvalue weighted by molar-refractivity contribution is 9.10. The van der Waals surface area contributed by atoms with E-state index in [4.69, 9.17) is 13.9 Å². The molecule has 2 aromatic carbocycles. The third kappa shape index (κ3) is 3.72. The highest BCUT2D eigenvalue weighted by atomic mass is 79.9. The number of esters is 1. The number of para-hydroxylation sites is 1. The highest BCUT2D eigenvalue weighted by Crippen LogP contribution is 2.31. The van der Waals surface area contributed by atoms with Crippen LogP contribution in [0.5, 0.6) is 17.2 Å². The van der Waals surface area contributed by atoms with Crippen LogP contribution in [0, 0.1) is 6.92 Å². The van der Waals surface area contributed by atoms with E-state index in [1.54, 1.807) is 31.2 Å². The molecule has 0 amide bonds. The first-order valence-corrected chi connectivity index (χ1v) is 8.48. The van der Waals surface area contributed by atoms with Crippen LogP contribution in [0.25, 0.3) is 11.0 Å². The van der Waals surface area contributed by atoms with E-state index in [1.165, 1.54) is 7.11 Å². The van der Waals surface area contributed by atoms with Gasteiger partial charge in [0, 0.05) is 6.07 Å². The molecule has 134 valence electrons. The Hall–Kier alpha value is -2.80. The lowest BCUT2D eigenvalue weighted by Crippen LogP contribution is -2.12. The van der Waals surface area contributed by atoms with Gasteiger partial charge in [0.05, 0.1) is 17.0 Å². The normalized spacial score (nSPS) is 10.6. The summed E-state index contributed by atoms with van der Waals surface area (Å²) in [6, 6.07) is 11.9. The zero-order valence-electron chi connectivity index (χ0n) is 14.1. The third-order valence-corrected chi connectivity index (χ3v) is 4.27. The first kappa shape index (κ1) is 18.0. The molecule has 3 rings (SSSR count). The molecule has 0 saturated carbocycles. The molecule has 6 nitrogen and oxygen atoms in total. The molecule has 0 atom stereocenters. The van der Waals surface area contributed by atoms with E-state index in [-0.39, 0.29) is 17.8 Å². The van der Waals surface area contributed by atoms with Crippen LogP contribution in [0.3, 0.4) is 0 Å². The Balaban J connectivity index is 1.96. The smallest absolute Gasteiger partial charge is 0.343 e. The number of carbonyl (C=O) groups is 1. The summed E-state index contributed by atoms with van der Waals surface area (Å²) in [5, 5.41) is 0.350. The Morgan fingerprint density at radius 2 is 1.96 bits per heavy atom. The fraction of sp³-hybridized carbons (Fsp3) is 0.158. The van der Waals surface area contributed by atoms with Gasteiger partial charge in [0.25, 0.3) is 0 Å². The van der Waals surface area contributed by atoms with Crippen LogP contribution < -0.4 is 14.9 Å². The number of aryl methyl sites for hydroxylation is 1. The zero-order valence-corrected chi connectivity index (χ0v) is 15.7. The molecule has 26 heavy (non-hydrogen) atoms. The average molecular weight is 419 g/mol. The van der Waals surface area contributed by atoms with Gasteiger partial charge in [-0.15, -0.1) is 0 Å². The van der Waals surface area contributed by atoms with Crippen molar-refractivity contribution in [2.45, 2.75) is 6.92 Å². The van der Waals surface area contributed by atoms with Crippen LogP contribution in [-0.4, -0.2) is 19.7 Å². The molecule has 0 bridgehead atoms. The van der Waals surface area contributed by atoms with Crippen LogP contribution in [0.2, 0.25) is 0 Å². The monoisotopic (exact) mass is 418 g/mol. The lowest BCUT2D eigenvalue weighted by atomic mass is 10.2. The summed E-state index contributed by atoms with van der Waals surface area (Å²) in [6.45, 7) is 1.42. The molecule has 7 heteroatoms. The Kier molecular flexibility index (Phi) is 5.27. The fourth-order valence-corrected chi connectivity index (χ4v) is 2.68. The lowest BCUT2D eigenvalue weighted by Gasteiger charge is -2.11. The molecule has 0 spiro atoms. The standard InChI is InChI=1S/C19H15BrO6/c1-11-19(26-15-6-4-3-5-14(15)20)18(22)13-8-7-12(9-16(13)25-11)24-10-17(21)23-2/h3-9H,10H2,1-2H3. The average Bonchev–Trinajstić information content (AvgIpc) is 2.64. The number of hydrogen-bond acceptors (Lipinski definition) is 6. The number of carbonyl (C=O) groups excluding carboxylic acids is 1. The topological polar surface area (TPSA) is 75.0 Å². The van der Waals surface area contributed by atoms with Crippen LogP contribution >= 0.6 is 15.9 Å². The van der Waals surface area contributed by atoms with Crippen molar-refractivity contribution in [2.75, 3.05) is 13.7 Å². The van der Waals surface area contributed by atoms with Gasteiger partial charge in [-0.1, -0.05) is 12.1 Å². The minimum absolute atomic E-state index is 0.118. The highest BCUT2D eigenvalue weighted by Gasteiger charge is 2.15. The second-order valence-electron chi connectivity index (χ2n) is 5.37. The molecule has 0 radical (unpaired) electrons. The molecule has 1 heterocycles. The van der Waals surface area contributed by atoms with Crippen molar-refractivity contribution < 1.29 is 23.4 Å². The second kappa shape index (κ2) is 7.61. The summed E-state index contributed by atoms with van der Waals surface area (Å²) in [7, 11) is 1.28. The van der Waals surface area contributed by atoms with Crippen molar-refractivity contribution in [1.29, 1.82) is 0 Å². The Morgan fingerprint density at radius 3 is 2.69 bits per heavy atom. The molecule has 0 unspecified atom stereocenters. The maximum Gasteiger partial charge on any atom is 0.343 e. The van der Waals surface area contributed by atoms with Crippen LogP contribution in [-0.2, 0) is 9.53 Å². The van der Waals surface area contributed by atoms with E-state index in [0.717, 1.165) is 4.47 Å². The zero-order chi connectivity index (χ0) is 18.7.